The van der Waals surface area contributed by atoms with Crippen molar-refractivity contribution in [3.63, 3.8) is 0 Å². The maximum Gasteiger partial charge on any atom is 0.126 e. The van der Waals surface area contributed by atoms with Gasteiger partial charge in [0.25, 0.3) is 0 Å². The highest BCUT2D eigenvalue weighted by molar-refractivity contribution is 6.31. The van der Waals surface area contributed by atoms with Crippen molar-refractivity contribution in [2.24, 2.45) is 0 Å². The maximum absolute atomic E-state index is 10.0. The van der Waals surface area contributed by atoms with E-state index >= 15 is 0 Å². The van der Waals surface area contributed by atoms with Gasteiger partial charge < -0.3 is 9.84 Å². The smallest absolute Gasteiger partial charge is 0.126 e. The molecule has 13 heavy (non-hydrogen) atoms. The summed E-state index contributed by atoms with van der Waals surface area (Å²) < 4.78 is 5.40. The van der Waals surface area contributed by atoms with E-state index in [1.54, 1.807) is 13.0 Å². The molecule has 1 N–H and O–H groups in total. The van der Waals surface area contributed by atoms with Crippen molar-refractivity contribution in [1.82, 2.24) is 0 Å². The number of ether oxygens (including phenoxy) is 1. The Hall–Kier alpha value is -0.730. The van der Waals surface area contributed by atoms with Crippen LogP contribution in [0.5, 0.6) is 5.75 Å². The van der Waals surface area contributed by atoms with Crippen LogP contribution < -0.4 is 4.74 Å². The lowest BCUT2D eigenvalue weighted by atomic mass is 9.90. The van der Waals surface area contributed by atoms with Crippen molar-refractivity contribution in [3.05, 3.63) is 28.8 Å². The topological polar surface area (TPSA) is 29.5 Å². The third-order valence-electron chi connectivity index (χ3n) is 2.36. The minimum absolute atomic E-state index is 0.542. The summed E-state index contributed by atoms with van der Waals surface area (Å²) in [6, 6.07) is 5.42. The van der Waals surface area contributed by atoms with Crippen LogP contribution in [0, 0.1) is 0 Å². The fraction of sp³-hybridized carbons (Fsp3) is 0.400. The van der Waals surface area contributed by atoms with Crippen LogP contribution in [0.2, 0.25) is 5.02 Å². The van der Waals surface area contributed by atoms with Crippen molar-refractivity contribution in [2.45, 2.75) is 18.9 Å². The molecule has 0 amide bonds. The summed E-state index contributed by atoms with van der Waals surface area (Å²) in [5, 5.41) is 10.6. The van der Waals surface area contributed by atoms with Crippen LogP contribution in [0.1, 0.15) is 18.9 Å². The number of hydrogen-bond acceptors (Lipinski definition) is 2. The van der Waals surface area contributed by atoms with E-state index in [0.29, 0.717) is 29.4 Å². The number of benzene rings is 1. The lowest BCUT2D eigenvalue weighted by Crippen LogP contribution is -2.29. The molecule has 0 aromatic heterocycles. The SMILES string of the molecule is CC1(O)CCOc2cccc(Cl)c21. The fourth-order valence-electron chi connectivity index (χ4n) is 1.63. The van der Waals surface area contributed by atoms with Crippen molar-refractivity contribution >= 4 is 11.6 Å². The van der Waals surface area contributed by atoms with Gasteiger partial charge in [0.2, 0.25) is 0 Å². The summed E-state index contributed by atoms with van der Waals surface area (Å²) in [6.07, 6.45) is 0.587. The molecule has 2 rings (SSSR count). The molecule has 1 heterocycles. The molecule has 1 aliphatic heterocycles. The normalized spacial score (nSPS) is 26.4. The van der Waals surface area contributed by atoms with Gasteiger partial charge in [0.15, 0.2) is 0 Å². The summed E-state index contributed by atoms with van der Waals surface area (Å²) in [6.45, 7) is 2.31. The molecule has 0 bridgehead atoms. The van der Waals surface area contributed by atoms with E-state index in [4.69, 9.17) is 16.3 Å². The van der Waals surface area contributed by atoms with Crippen LogP contribution in [-0.2, 0) is 5.60 Å². The van der Waals surface area contributed by atoms with Gasteiger partial charge in [-0.05, 0) is 19.1 Å². The van der Waals surface area contributed by atoms with Gasteiger partial charge >= 0.3 is 0 Å². The molecule has 0 saturated carbocycles. The predicted octanol–water partition coefficient (Wildman–Crippen LogP) is 2.33. The van der Waals surface area contributed by atoms with Gasteiger partial charge in [-0.1, -0.05) is 17.7 Å². The Balaban J connectivity index is 2.61. The molecule has 1 unspecified atom stereocenters. The Morgan fingerprint density at radius 3 is 3.00 bits per heavy atom. The monoisotopic (exact) mass is 198 g/mol. The number of aliphatic hydroxyl groups is 1. The predicted molar refractivity (Wildman–Crippen MR) is 51.1 cm³/mol. The second-order valence-electron chi connectivity index (χ2n) is 3.49. The Kier molecular flexibility index (Phi) is 1.97. The fourth-order valence-corrected chi connectivity index (χ4v) is 2.00. The van der Waals surface area contributed by atoms with Gasteiger partial charge in [0.05, 0.1) is 17.2 Å². The molecular weight excluding hydrogens is 188 g/mol. The molecule has 1 aromatic rings. The second kappa shape index (κ2) is 2.89. The maximum atomic E-state index is 10.0. The highest BCUT2D eigenvalue weighted by Crippen LogP contribution is 2.40. The van der Waals surface area contributed by atoms with E-state index in [2.05, 4.69) is 0 Å². The number of halogens is 1. The first-order valence-corrected chi connectivity index (χ1v) is 4.63. The third kappa shape index (κ3) is 1.40. The van der Waals surface area contributed by atoms with Crippen molar-refractivity contribution in [1.29, 1.82) is 0 Å². The quantitative estimate of drug-likeness (QED) is 0.694. The Bertz CT molecular complexity index is 334. The van der Waals surface area contributed by atoms with Crippen molar-refractivity contribution in [2.75, 3.05) is 6.61 Å². The molecule has 2 nitrogen and oxygen atoms in total. The zero-order valence-electron chi connectivity index (χ0n) is 7.38. The van der Waals surface area contributed by atoms with E-state index in [9.17, 15) is 5.11 Å². The minimum atomic E-state index is -0.855. The van der Waals surface area contributed by atoms with Gasteiger partial charge in [0, 0.05) is 12.0 Å². The summed E-state index contributed by atoms with van der Waals surface area (Å²) in [5.41, 5.74) is -0.144. The molecule has 0 fully saturated rings. The Labute approximate surface area is 82.1 Å². The standard InChI is InChI=1S/C10H11ClO2/c1-10(12)5-6-13-8-4-2-3-7(11)9(8)10/h2-4,12H,5-6H2,1H3. The van der Waals surface area contributed by atoms with Gasteiger partial charge in [-0.3, -0.25) is 0 Å². The second-order valence-corrected chi connectivity index (χ2v) is 3.89. The van der Waals surface area contributed by atoms with Crippen molar-refractivity contribution < 1.29 is 9.84 Å². The first kappa shape index (κ1) is 8.85. The van der Waals surface area contributed by atoms with Crippen LogP contribution in [-0.4, -0.2) is 11.7 Å². The minimum Gasteiger partial charge on any atom is -0.493 e. The zero-order chi connectivity index (χ0) is 9.47. The van der Waals surface area contributed by atoms with Crippen LogP contribution in [0.25, 0.3) is 0 Å². The molecule has 0 aliphatic carbocycles. The number of hydrogen-bond donors (Lipinski definition) is 1. The van der Waals surface area contributed by atoms with E-state index in [1.165, 1.54) is 0 Å². The summed E-state index contributed by atoms with van der Waals surface area (Å²) in [5.74, 6) is 0.698. The molecule has 1 aromatic carbocycles. The lowest BCUT2D eigenvalue weighted by Gasteiger charge is -2.31. The molecule has 0 saturated heterocycles. The lowest BCUT2D eigenvalue weighted by molar-refractivity contribution is 0.0148. The summed E-state index contributed by atoms with van der Waals surface area (Å²) in [7, 11) is 0. The first-order chi connectivity index (χ1) is 6.11. The van der Waals surface area contributed by atoms with Gasteiger partial charge in [-0.25, -0.2) is 0 Å². The third-order valence-corrected chi connectivity index (χ3v) is 2.68. The van der Waals surface area contributed by atoms with E-state index in [0.717, 1.165) is 0 Å². The Morgan fingerprint density at radius 2 is 2.31 bits per heavy atom. The molecule has 0 radical (unpaired) electrons. The molecular formula is C10H11ClO2. The number of fused-ring (bicyclic) bond motifs is 1. The van der Waals surface area contributed by atoms with Crippen LogP contribution in [0.4, 0.5) is 0 Å². The molecule has 1 atom stereocenters. The first-order valence-electron chi connectivity index (χ1n) is 4.25. The Morgan fingerprint density at radius 1 is 1.54 bits per heavy atom. The van der Waals surface area contributed by atoms with Crippen molar-refractivity contribution in [3.8, 4) is 5.75 Å². The largest absolute Gasteiger partial charge is 0.493 e. The average Bonchev–Trinajstić information content (AvgIpc) is 2.02. The van der Waals surface area contributed by atoms with Gasteiger partial charge in [-0.2, -0.15) is 0 Å². The van der Waals surface area contributed by atoms with E-state index < -0.39 is 5.60 Å². The average molecular weight is 199 g/mol. The van der Waals surface area contributed by atoms with E-state index in [-0.39, 0.29) is 0 Å². The summed E-state index contributed by atoms with van der Waals surface area (Å²) >= 11 is 5.99. The van der Waals surface area contributed by atoms with Crippen LogP contribution in [0.3, 0.4) is 0 Å². The molecule has 3 heteroatoms. The number of rotatable bonds is 0. The zero-order valence-corrected chi connectivity index (χ0v) is 8.14. The van der Waals surface area contributed by atoms with Gasteiger partial charge in [0.1, 0.15) is 5.75 Å². The molecule has 0 spiro atoms. The van der Waals surface area contributed by atoms with Crippen LogP contribution in [0.15, 0.2) is 18.2 Å². The highest BCUT2D eigenvalue weighted by Gasteiger charge is 2.32. The molecule has 1 aliphatic rings. The van der Waals surface area contributed by atoms with Crippen LogP contribution >= 0.6 is 11.6 Å². The molecule has 70 valence electrons. The van der Waals surface area contributed by atoms with E-state index in [1.807, 2.05) is 12.1 Å². The summed E-state index contributed by atoms with van der Waals surface area (Å²) in [4.78, 5) is 0. The highest BCUT2D eigenvalue weighted by atomic mass is 35.5. The van der Waals surface area contributed by atoms with Gasteiger partial charge in [-0.15, -0.1) is 0 Å².